The Morgan fingerprint density at radius 2 is 2.10 bits per heavy atom. The largest absolute Gasteiger partial charge is 0.486 e. The van der Waals surface area contributed by atoms with E-state index in [-0.39, 0.29) is 36.1 Å². The number of fused-ring (bicyclic) bond motifs is 1. The second-order valence-electron chi connectivity index (χ2n) is 6.98. The van der Waals surface area contributed by atoms with Crippen molar-refractivity contribution in [2.75, 3.05) is 13.2 Å². The van der Waals surface area contributed by atoms with Crippen molar-refractivity contribution in [3.05, 3.63) is 69.4 Å². The average Bonchev–Trinajstić information content (AvgIpc) is 3.06. The second-order valence-corrected chi connectivity index (χ2v) is 7.78. The number of ether oxygens (including phenoxy) is 2. The molecule has 2 atom stereocenters. The van der Waals surface area contributed by atoms with Crippen LogP contribution in [0.15, 0.2) is 52.7 Å². The molecule has 0 saturated heterocycles. The number of allylic oxidation sites excluding steroid dienone is 2. The van der Waals surface area contributed by atoms with Gasteiger partial charge in [0, 0.05) is 10.4 Å². The lowest BCUT2D eigenvalue weighted by Crippen LogP contribution is -2.15. The van der Waals surface area contributed by atoms with E-state index >= 15 is 0 Å². The van der Waals surface area contributed by atoms with Gasteiger partial charge in [-0.2, -0.15) is 13.2 Å². The van der Waals surface area contributed by atoms with Crippen LogP contribution < -0.4 is 0 Å². The molecule has 0 amide bonds. The highest BCUT2D eigenvalue weighted by atomic mass is 79.9. The molecule has 1 aliphatic carbocycles. The van der Waals surface area contributed by atoms with Crippen molar-refractivity contribution in [3.63, 3.8) is 0 Å². The van der Waals surface area contributed by atoms with E-state index in [1.165, 1.54) is 6.07 Å². The van der Waals surface area contributed by atoms with Gasteiger partial charge in [-0.25, -0.2) is 0 Å². The summed E-state index contributed by atoms with van der Waals surface area (Å²) in [6.45, 7) is 4.38. The van der Waals surface area contributed by atoms with Crippen molar-refractivity contribution in [3.8, 4) is 0 Å². The van der Waals surface area contributed by atoms with E-state index in [9.17, 15) is 18.0 Å². The third kappa shape index (κ3) is 5.11. The minimum Gasteiger partial charge on any atom is -0.486 e. The van der Waals surface area contributed by atoms with Crippen LogP contribution in [0, 0.1) is 5.92 Å². The molecule has 1 heterocycles. The summed E-state index contributed by atoms with van der Waals surface area (Å²) in [6, 6.07) is 2.54. The molecular formula is C21H20BrF3O4. The normalized spacial score (nSPS) is 25.2. The smallest absolute Gasteiger partial charge is 0.417 e. The van der Waals surface area contributed by atoms with E-state index in [4.69, 9.17) is 14.6 Å². The SMILES string of the molecule is C=C1/C=C\C(O[C@@H]2CCc3c2ccc(C(F)(F)F)c3Br)=C/COC[C@H]1CC(=O)O. The van der Waals surface area contributed by atoms with Gasteiger partial charge in [0.1, 0.15) is 11.9 Å². The maximum Gasteiger partial charge on any atom is 0.417 e. The highest BCUT2D eigenvalue weighted by Gasteiger charge is 2.37. The Balaban J connectivity index is 1.77. The first-order valence-electron chi connectivity index (χ1n) is 9.08. The maximum atomic E-state index is 13.1. The number of carboxylic acids is 1. The van der Waals surface area contributed by atoms with Gasteiger partial charge in [0.05, 0.1) is 25.2 Å². The van der Waals surface area contributed by atoms with Crippen LogP contribution in [-0.2, 0) is 26.9 Å². The van der Waals surface area contributed by atoms with Gasteiger partial charge in [-0.15, -0.1) is 0 Å². The van der Waals surface area contributed by atoms with E-state index in [1.54, 1.807) is 18.2 Å². The summed E-state index contributed by atoms with van der Waals surface area (Å²) < 4.78 is 51.0. The Hall–Kier alpha value is -2.06. The number of carbonyl (C=O) groups is 1. The molecule has 0 unspecified atom stereocenters. The molecule has 2 aliphatic rings. The molecule has 1 aliphatic heterocycles. The molecule has 8 heteroatoms. The van der Waals surface area contributed by atoms with Gasteiger partial charge in [0.25, 0.3) is 0 Å². The Morgan fingerprint density at radius 3 is 2.79 bits per heavy atom. The lowest BCUT2D eigenvalue weighted by atomic mass is 9.97. The van der Waals surface area contributed by atoms with Gasteiger partial charge in [-0.05, 0) is 63.7 Å². The van der Waals surface area contributed by atoms with Crippen LogP contribution in [0.2, 0.25) is 0 Å². The Kier molecular flexibility index (Phi) is 6.53. The van der Waals surface area contributed by atoms with Crippen molar-refractivity contribution >= 4 is 21.9 Å². The number of hydrogen-bond donors (Lipinski definition) is 1. The molecule has 0 saturated carbocycles. The van der Waals surface area contributed by atoms with Crippen molar-refractivity contribution in [1.29, 1.82) is 0 Å². The predicted octanol–water partition coefficient (Wildman–Crippen LogP) is 5.59. The molecule has 0 fully saturated rings. The number of benzene rings is 1. The number of aliphatic carboxylic acids is 1. The van der Waals surface area contributed by atoms with Gasteiger partial charge in [-0.1, -0.05) is 18.7 Å². The molecule has 0 aromatic heterocycles. The molecule has 156 valence electrons. The average molecular weight is 473 g/mol. The predicted molar refractivity (Wildman–Crippen MR) is 104 cm³/mol. The topological polar surface area (TPSA) is 55.8 Å². The quantitative estimate of drug-likeness (QED) is 0.620. The third-order valence-corrected chi connectivity index (χ3v) is 5.90. The first kappa shape index (κ1) is 21.6. The lowest BCUT2D eigenvalue weighted by molar-refractivity contribution is -0.139. The third-order valence-electron chi connectivity index (χ3n) is 5.00. The second kappa shape index (κ2) is 8.75. The molecule has 1 aromatic carbocycles. The number of alkyl halides is 3. The molecule has 1 N–H and O–H groups in total. The molecule has 1 aromatic rings. The molecule has 4 nitrogen and oxygen atoms in total. The monoisotopic (exact) mass is 472 g/mol. The molecule has 0 bridgehead atoms. The van der Waals surface area contributed by atoms with Crippen LogP contribution in [0.5, 0.6) is 0 Å². The minimum atomic E-state index is -4.42. The zero-order valence-electron chi connectivity index (χ0n) is 15.5. The van der Waals surface area contributed by atoms with E-state index in [1.807, 2.05) is 0 Å². The molecule has 0 spiro atoms. The van der Waals surface area contributed by atoms with Crippen LogP contribution in [0.3, 0.4) is 0 Å². The summed E-state index contributed by atoms with van der Waals surface area (Å²) in [6.07, 6.45) is 1.29. The summed E-state index contributed by atoms with van der Waals surface area (Å²) in [5.74, 6) is -0.750. The summed E-state index contributed by atoms with van der Waals surface area (Å²) in [4.78, 5) is 11.0. The summed E-state index contributed by atoms with van der Waals surface area (Å²) in [5, 5.41) is 9.01. The highest BCUT2D eigenvalue weighted by Crippen LogP contribution is 2.44. The van der Waals surface area contributed by atoms with Gasteiger partial charge < -0.3 is 14.6 Å². The summed E-state index contributed by atoms with van der Waals surface area (Å²) in [7, 11) is 0. The van der Waals surface area contributed by atoms with Crippen LogP contribution in [0.1, 0.15) is 35.6 Å². The zero-order chi connectivity index (χ0) is 21.2. The highest BCUT2D eigenvalue weighted by molar-refractivity contribution is 9.10. The first-order chi connectivity index (χ1) is 13.7. The standard InChI is InChI=1S/C21H20BrF3O4/c1-12-2-3-14(8-9-28-11-13(12)10-19(26)27)29-18-7-5-16-15(18)4-6-17(20(16)22)21(23,24)25/h2-4,6,8,13,18H,1,5,7,9-11H2,(H,26,27)/b3-2-,14-8+/t13-,18-/m1/s1. The number of rotatable bonds is 4. The van der Waals surface area contributed by atoms with Gasteiger partial charge in [0.15, 0.2) is 0 Å². The lowest BCUT2D eigenvalue weighted by Gasteiger charge is -2.17. The van der Waals surface area contributed by atoms with E-state index < -0.39 is 17.7 Å². The van der Waals surface area contributed by atoms with Gasteiger partial charge in [-0.3, -0.25) is 4.79 Å². The summed E-state index contributed by atoms with van der Waals surface area (Å²) >= 11 is 3.10. The summed E-state index contributed by atoms with van der Waals surface area (Å²) in [5.41, 5.74) is 1.27. The molecule has 3 rings (SSSR count). The fourth-order valence-electron chi connectivity index (χ4n) is 3.47. The maximum absolute atomic E-state index is 13.1. The van der Waals surface area contributed by atoms with Crippen LogP contribution in [0.4, 0.5) is 13.2 Å². The van der Waals surface area contributed by atoms with E-state index in [0.29, 0.717) is 29.7 Å². The Labute approximate surface area is 174 Å². The first-order valence-corrected chi connectivity index (χ1v) is 9.87. The van der Waals surface area contributed by atoms with Crippen molar-refractivity contribution in [2.45, 2.75) is 31.5 Å². The fourth-order valence-corrected chi connectivity index (χ4v) is 4.25. The zero-order valence-corrected chi connectivity index (χ0v) is 17.1. The van der Waals surface area contributed by atoms with Crippen LogP contribution in [-0.4, -0.2) is 24.3 Å². The number of hydrogen-bond acceptors (Lipinski definition) is 3. The minimum absolute atomic E-state index is 0.0702. The van der Waals surface area contributed by atoms with E-state index in [2.05, 4.69) is 22.5 Å². The van der Waals surface area contributed by atoms with E-state index in [0.717, 1.165) is 11.6 Å². The van der Waals surface area contributed by atoms with Crippen LogP contribution >= 0.6 is 15.9 Å². The molecule has 0 radical (unpaired) electrons. The van der Waals surface area contributed by atoms with Gasteiger partial charge >= 0.3 is 12.1 Å². The Morgan fingerprint density at radius 1 is 1.34 bits per heavy atom. The molecule has 29 heavy (non-hydrogen) atoms. The fraction of sp³-hybridized carbons (Fsp3) is 0.381. The Bertz CT molecular complexity index is 873. The number of halogens is 4. The van der Waals surface area contributed by atoms with Gasteiger partial charge in [0.2, 0.25) is 0 Å². The van der Waals surface area contributed by atoms with Crippen molar-refractivity contribution in [1.82, 2.24) is 0 Å². The van der Waals surface area contributed by atoms with Crippen molar-refractivity contribution in [2.24, 2.45) is 5.92 Å². The number of carboxylic acid groups (broad SMARTS) is 1. The van der Waals surface area contributed by atoms with Crippen LogP contribution in [0.25, 0.3) is 0 Å². The van der Waals surface area contributed by atoms with Crippen molar-refractivity contribution < 1.29 is 32.5 Å². The molecular weight excluding hydrogens is 453 g/mol.